The summed E-state index contributed by atoms with van der Waals surface area (Å²) in [7, 11) is 0. The van der Waals surface area contributed by atoms with Crippen molar-refractivity contribution < 1.29 is 9.90 Å². The fourth-order valence-corrected chi connectivity index (χ4v) is 1.49. The molecule has 2 aromatic rings. The highest BCUT2D eigenvalue weighted by Gasteiger charge is 1.97. The highest BCUT2D eigenvalue weighted by molar-refractivity contribution is 5.94. The van der Waals surface area contributed by atoms with E-state index in [4.69, 9.17) is 5.11 Å². The van der Waals surface area contributed by atoms with Gasteiger partial charge in [0.15, 0.2) is 0 Å². The van der Waals surface area contributed by atoms with Crippen LogP contribution in [0.3, 0.4) is 0 Å². The van der Waals surface area contributed by atoms with Crippen LogP contribution in [0.4, 0.5) is 0 Å². The molecule has 0 aromatic heterocycles. The number of phenolic OH excluding ortho intramolecular Hbond substituents is 1. The summed E-state index contributed by atoms with van der Waals surface area (Å²) in [4.78, 5) is 11.5. The molecule has 3 heteroatoms. The maximum Gasteiger partial charge on any atom is 0.296 e. The quantitative estimate of drug-likeness (QED) is 0.803. The van der Waals surface area contributed by atoms with Crippen molar-refractivity contribution in [3.8, 4) is 17.6 Å². The van der Waals surface area contributed by atoms with Crippen LogP contribution >= 0.6 is 0 Å². The molecule has 0 atom stereocenters. The van der Waals surface area contributed by atoms with E-state index < -0.39 is 0 Å². The minimum absolute atomic E-state index is 0.207. The summed E-state index contributed by atoms with van der Waals surface area (Å²) < 4.78 is 0. The zero-order valence-corrected chi connectivity index (χ0v) is 10.3. The molecule has 19 heavy (non-hydrogen) atoms. The molecule has 2 N–H and O–H groups in total. The second-order valence-corrected chi connectivity index (χ2v) is 3.97. The Labute approximate surface area is 111 Å². The van der Waals surface area contributed by atoms with E-state index in [2.05, 4.69) is 17.2 Å². The van der Waals surface area contributed by atoms with Gasteiger partial charge in [0, 0.05) is 18.0 Å². The predicted molar refractivity (Wildman–Crippen MR) is 73.3 cm³/mol. The average Bonchev–Trinajstić information content (AvgIpc) is 2.45. The molecule has 1 amide bonds. The molecular weight excluding hydrogens is 238 g/mol. The smallest absolute Gasteiger partial charge is 0.296 e. The number of amides is 1. The van der Waals surface area contributed by atoms with Crippen molar-refractivity contribution in [1.29, 1.82) is 0 Å². The maximum atomic E-state index is 11.5. The molecule has 0 radical (unpaired) electrons. The number of rotatable bonds is 2. The lowest BCUT2D eigenvalue weighted by Gasteiger charge is -2.01. The van der Waals surface area contributed by atoms with E-state index in [9.17, 15) is 4.79 Å². The number of benzene rings is 2. The maximum absolute atomic E-state index is 11.5. The molecule has 0 saturated carbocycles. The zero-order valence-electron chi connectivity index (χ0n) is 10.3. The van der Waals surface area contributed by atoms with E-state index in [0.717, 1.165) is 11.1 Å². The molecular formula is C16H13NO2. The molecule has 0 heterocycles. The van der Waals surface area contributed by atoms with Gasteiger partial charge in [-0.1, -0.05) is 36.3 Å². The molecule has 2 aromatic carbocycles. The molecule has 0 aliphatic heterocycles. The van der Waals surface area contributed by atoms with Crippen LogP contribution in [0.25, 0.3) is 0 Å². The van der Waals surface area contributed by atoms with Crippen molar-refractivity contribution in [2.75, 3.05) is 0 Å². The summed E-state index contributed by atoms with van der Waals surface area (Å²) in [5.74, 6) is 5.20. The molecule has 0 spiro atoms. The first kappa shape index (κ1) is 12.7. The second kappa shape index (κ2) is 6.27. The van der Waals surface area contributed by atoms with Crippen molar-refractivity contribution >= 4 is 5.91 Å². The third-order valence-corrected chi connectivity index (χ3v) is 2.48. The zero-order chi connectivity index (χ0) is 13.5. The third kappa shape index (κ3) is 4.21. The Balaban J connectivity index is 1.89. The monoisotopic (exact) mass is 251 g/mol. The molecule has 2 rings (SSSR count). The molecule has 0 saturated heterocycles. The largest absolute Gasteiger partial charge is 0.508 e. The Kier molecular flexibility index (Phi) is 4.20. The summed E-state index contributed by atoms with van der Waals surface area (Å²) >= 11 is 0. The van der Waals surface area contributed by atoms with Gasteiger partial charge in [-0.3, -0.25) is 4.79 Å². The Morgan fingerprint density at radius 2 is 1.74 bits per heavy atom. The molecule has 94 valence electrons. The van der Waals surface area contributed by atoms with Gasteiger partial charge in [0.05, 0.1) is 0 Å². The number of nitrogens with one attached hydrogen (secondary N) is 1. The SMILES string of the molecule is O=C(C#Cc1ccccc1)NCc1ccc(O)cc1. The van der Waals surface area contributed by atoms with Crippen LogP contribution < -0.4 is 5.32 Å². The van der Waals surface area contributed by atoms with Gasteiger partial charge < -0.3 is 10.4 Å². The normalized spacial score (nSPS) is 9.26. The van der Waals surface area contributed by atoms with Gasteiger partial charge in [-0.2, -0.15) is 0 Å². The Morgan fingerprint density at radius 1 is 1.05 bits per heavy atom. The Bertz CT molecular complexity index is 607. The number of hydrogen-bond donors (Lipinski definition) is 2. The number of hydrogen-bond acceptors (Lipinski definition) is 2. The number of carbonyl (C=O) groups is 1. The van der Waals surface area contributed by atoms with Crippen LogP contribution in [0.2, 0.25) is 0 Å². The second-order valence-electron chi connectivity index (χ2n) is 3.97. The molecule has 0 aliphatic rings. The van der Waals surface area contributed by atoms with Gasteiger partial charge in [0.1, 0.15) is 5.75 Å². The lowest BCUT2D eigenvalue weighted by atomic mass is 10.2. The van der Waals surface area contributed by atoms with E-state index in [1.54, 1.807) is 24.3 Å². The number of carbonyl (C=O) groups excluding carboxylic acids is 1. The summed E-state index contributed by atoms with van der Waals surface area (Å²) in [6.07, 6.45) is 0. The summed E-state index contributed by atoms with van der Waals surface area (Å²) in [5.41, 5.74) is 1.72. The van der Waals surface area contributed by atoms with Crippen LogP contribution in [-0.4, -0.2) is 11.0 Å². The predicted octanol–water partition coefficient (Wildman–Crippen LogP) is 2.06. The van der Waals surface area contributed by atoms with E-state index in [0.29, 0.717) is 6.54 Å². The minimum Gasteiger partial charge on any atom is -0.508 e. The van der Waals surface area contributed by atoms with Gasteiger partial charge in [-0.15, -0.1) is 0 Å². The van der Waals surface area contributed by atoms with Gasteiger partial charge in [-0.25, -0.2) is 0 Å². The van der Waals surface area contributed by atoms with Gasteiger partial charge in [-0.05, 0) is 29.8 Å². The van der Waals surface area contributed by atoms with E-state index in [-0.39, 0.29) is 11.7 Å². The highest BCUT2D eigenvalue weighted by Crippen LogP contribution is 2.08. The van der Waals surface area contributed by atoms with Crippen LogP contribution in [0.1, 0.15) is 11.1 Å². The lowest BCUT2D eigenvalue weighted by Crippen LogP contribution is -2.20. The van der Waals surface area contributed by atoms with Crippen LogP contribution in [0.5, 0.6) is 5.75 Å². The van der Waals surface area contributed by atoms with E-state index in [1.807, 2.05) is 30.3 Å². The van der Waals surface area contributed by atoms with Crippen molar-refractivity contribution in [1.82, 2.24) is 5.32 Å². The average molecular weight is 251 g/mol. The standard InChI is InChI=1S/C16H13NO2/c18-15-9-6-14(7-10-15)12-17-16(19)11-8-13-4-2-1-3-5-13/h1-7,9-10,18H,12H2,(H,17,19). The van der Waals surface area contributed by atoms with Gasteiger partial charge in [0.25, 0.3) is 5.91 Å². The van der Waals surface area contributed by atoms with Crippen molar-refractivity contribution in [3.63, 3.8) is 0 Å². The highest BCUT2D eigenvalue weighted by atomic mass is 16.3. The topological polar surface area (TPSA) is 49.3 Å². The third-order valence-electron chi connectivity index (χ3n) is 2.48. The first-order valence-corrected chi connectivity index (χ1v) is 5.87. The van der Waals surface area contributed by atoms with E-state index in [1.165, 1.54) is 0 Å². The number of aromatic hydroxyl groups is 1. The first-order chi connectivity index (χ1) is 9.24. The van der Waals surface area contributed by atoms with Gasteiger partial charge in [0.2, 0.25) is 0 Å². The van der Waals surface area contributed by atoms with Crippen molar-refractivity contribution in [2.24, 2.45) is 0 Å². The fourth-order valence-electron chi connectivity index (χ4n) is 1.49. The van der Waals surface area contributed by atoms with Crippen LogP contribution in [-0.2, 0) is 11.3 Å². The van der Waals surface area contributed by atoms with Crippen molar-refractivity contribution in [3.05, 3.63) is 65.7 Å². The van der Waals surface area contributed by atoms with E-state index >= 15 is 0 Å². The molecule has 0 aliphatic carbocycles. The van der Waals surface area contributed by atoms with Crippen LogP contribution in [0.15, 0.2) is 54.6 Å². The Hall–Kier alpha value is -2.73. The number of phenols is 1. The molecule has 3 nitrogen and oxygen atoms in total. The summed E-state index contributed by atoms with van der Waals surface area (Å²) in [5, 5.41) is 11.8. The molecule has 0 fully saturated rings. The minimum atomic E-state index is -0.322. The summed E-state index contributed by atoms with van der Waals surface area (Å²) in [6, 6.07) is 16.0. The molecule has 0 unspecified atom stereocenters. The molecule has 0 bridgehead atoms. The fraction of sp³-hybridized carbons (Fsp3) is 0.0625. The van der Waals surface area contributed by atoms with Crippen molar-refractivity contribution in [2.45, 2.75) is 6.54 Å². The summed E-state index contributed by atoms with van der Waals surface area (Å²) in [6.45, 7) is 0.391. The Morgan fingerprint density at radius 3 is 2.42 bits per heavy atom. The first-order valence-electron chi connectivity index (χ1n) is 5.87. The van der Waals surface area contributed by atoms with Gasteiger partial charge >= 0.3 is 0 Å². The van der Waals surface area contributed by atoms with Crippen LogP contribution in [0, 0.1) is 11.8 Å². The lowest BCUT2D eigenvalue weighted by molar-refractivity contribution is -0.115.